The van der Waals surface area contributed by atoms with E-state index in [0.29, 0.717) is 6.61 Å². The van der Waals surface area contributed by atoms with Crippen LogP contribution in [0.2, 0.25) is 18.1 Å². The van der Waals surface area contributed by atoms with Gasteiger partial charge >= 0.3 is 6.09 Å². The van der Waals surface area contributed by atoms with Gasteiger partial charge in [0.25, 0.3) is 0 Å². The molecule has 1 aliphatic heterocycles. The van der Waals surface area contributed by atoms with Crippen LogP contribution in [0.25, 0.3) is 0 Å². The molecule has 0 spiro atoms. The molecular weight excluding hydrogens is 322 g/mol. The predicted molar refractivity (Wildman–Crippen MR) is 98.6 cm³/mol. The average molecular weight is 356 g/mol. The lowest BCUT2D eigenvalue weighted by Gasteiger charge is -2.40. The molecule has 0 unspecified atom stereocenters. The smallest absolute Gasteiger partial charge is 0.411 e. The molecule has 138 valence electrons. The van der Waals surface area contributed by atoms with Gasteiger partial charge in [0.15, 0.2) is 14.1 Å². The summed E-state index contributed by atoms with van der Waals surface area (Å²) in [6, 6.07) is -0.258. The molecule has 6 heteroatoms. The van der Waals surface area contributed by atoms with Crippen LogP contribution in [0.15, 0.2) is 11.6 Å². The fourth-order valence-corrected chi connectivity index (χ4v) is 3.16. The van der Waals surface area contributed by atoms with Gasteiger partial charge in [0, 0.05) is 0 Å². The minimum atomic E-state index is -1.94. The fourth-order valence-electron chi connectivity index (χ4n) is 2.16. The fraction of sp³-hybridized carbons (Fsp3) is 0.778. The number of rotatable bonds is 3. The second-order valence-electron chi connectivity index (χ2n) is 9.05. The van der Waals surface area contributed by atoms with Gasteiger partial charge < -0.3 is 9.16 Å². The number of carbonyl (C=O) groups is 2. The van der Waals surface area contributed by atoms with E-state index in [-0.39, 0.29) is 23.4 Å². The Hall–Kier alpha value is -1.14. The van der Waals surface area contributed by atoms with E-state index in [2.05, 4.69) is 33.9 Å². The van der Waals surface area contributed by atoms with Gasteiger partial charge in [-0.3, -0.25) is 9.69 Å². The molecule has 0 N–H and O–H groups in total. The van der Waals surface area contributed by atoms with E-state index in [0.717, 1.165) is 5.57 Å². The third-order valence-corrected chi connectivity index (χ3v) is 9.15. The zero-order valence-corrected chi connectivity index (χ0v) is 17.6. The molecule has 1 aliphatic rings. The maximum Gasteiger partial charge on any atom is 0.411 e. The first-order chi connectivity index (χ1) is 10.6. The summed E-state index contributed by atoms with van der Waals surface area (Å²) in [4.78, 5) is 25.9. The SMILES string of the molecule is CC1=CC(=O)CN(C(=O)OC(C)(C)C)[C@@H]1CO[Si](C)(C)C(C)(C)C. The average Bonchev–Trinajstić information content (AvgIpc) is 2.33. The highest BCUT2D eigenvalue weighted by molar-refractivity contribution is 6.74. The maximum atomic E-state index is 12.5. The topological polar surface area (TPSA) is 55.8 Å². The molecule has 0 aromatic rings. The summed E-state index contributed by atoms with van der Waals surface area (Å²) >= 11 is 0. The molecule has 1 rings (SSSR count). The number of carbonyl (C=O) groups excluding carboxylic acids is 2. The Bertz CT molecular complexity index is 526. The van der Waals surface area contributed by atoms with Gasteiger partial charge in [0.2, 0.25) is 0 Å². The molecule has 0 saturated heterocycles. The van der Waals surface area contributed by atoms with E-state index in [1.807, 2.05) is 27.7 Å². The summed E-state index contributed by atoms with van der Waals surface area (Å²) < 4.78 is 11.8. The minimum absolute atomic E-state index is 0.0395. The summed E-state index contributed by atoms with van der Waals surface area (Å²) in [5, 5.41) is 0.0891. The van der Waals surface area contributed by atoms with Gasteiger partial charge in [-0.15, -0.1) is 0 Å². The highest BCUT2D eigenvalue weighted by Crippen LogP contribution is 2.37. The number of ketones is 1. The standard InChI is InChI=1S/C18H33NO4Si/c1-13-10-14(20)11-19(16(21)23-17(2,3)4)15(13)12-22-24(8,9)18(5,6)7/h10,15H,11-12H2,1-9H3/t15-/m1/s1. The number of ether oxygens (including phenoxy) is 1. The molecule has 0 fully saturated rings. The van der Waals surface area contributed by atoms with Crippen molar-refractivity contribution in [3.8, 4) is 0 Å². The molecule has 0 saturated carbocycles. The summed E-state index contributed by atoms with van der Waals surface area (Å²) in [6.07, 6.45) is 1.15. The van der Waals surface area contributed by atoms with Gasteiger partial charge in [-0.25, -0.2) is 4.79 Å². The van der Waals surface area contributed by atoms with Crippen LogP contribution in [0, 0.1) is 0 Å². The Morgan fingerprint density at radius 1 is 1.25 bits per heavy atom. The Labute approximate surface area is 147 Å². The first kappa shape index (κ1) is 20.9. The van der Waals surface area contributed by atoms with Crippen LogP contribution in [0.3, 0.4) is 0 Å². The van der Waals surface area contributed by atoms with E-state index in [9.17, 15) is 9.59 Å². The van der Waals surface area contributed by atoms with E-state index < -0.39 is 20.0 Å². The summed E-state index contributed by atoms with van der Waals surface area (Å²) in [5.41, 5.74) is 0.246. The van der Waals surface area contributed by atoms with E-state index in [1.54, 1.807) is 6.08 Å². The highest BCUT2D eigenvalue weighted by atomic mass is 28.4. The van der Waals surface area contributed by atoms with Crippen LogP contribution in [0.4, 0.5) is 4.79 Å². The zero-order valence-electron chi connectivity index (χ0n) is 16.6. The number of hydrogen-bond donors (Lipinski definition) is 0. The molecule has 5 nitrogen and oxygen atoms in total. The quantitative estimate of drug-likeness (QED) is 0.714. The number of amides is 1. The molecule has 0 aromatic carbocycles. The molecule has 0 bridgehead atoms. The van der Waals surface area contributed by atoms with Crippen molar-refractivity contribution in [2.45, 2.75) is 78.2 Å². The second kappa shape index (κ2) is 7.00. The molecule has 24 heavy (non-hydrogen) atoms. The molecule has 0 aromatic heterocycles. The molecule has 1 atom stereocenters. The van der Waals surface area contributed by atoms with Gasteiger partial charge in [-0.05, 0) is 57.5 Å². The van der Waals surface area contributed by atoms with Crippen molar-refractivity contribution in [3.05, 3.63) is 11.6 Å². The van der Waals surface area contributed by atoms with Crippen molar-refractivity contribution in [2.75, 3.05) is 13.2 Å². The summed E-state index contributed by atoms with van der Waals surface area (Å²) in [5.74, 6) is -0.0815. The number of hydrogen-bond acceptors (Lipinski definition) is 4. The van der Waals surface area contributed by atoms with Crippen LogP contribution in [-0.4, -0.2) is 49.9 Å². The molecule has 1 heterocycles. The lowest BCUT2D eigenvalue weighted by atomic mass is 10.0. The third kappa shape index (κ3) is 5.45. The summed E-state index contributed by atoms with van der Waals surface area (Å²) in [7, 11) is -1.94. The largest absolute Gasteiger partial charge is 0.444 e. The molecular formula is C18H33NO4Si. The summed E-state index contributed by atoms with van der Waals surface area (Å²) in [6.45, 7) is 18.7. The van der Waals surface area contributed by atoms with Gasteiger partial charge in [-0.1, -0.05) is 20.8 Å². The van der Waals surface area contributed by atoms with Crippen molar-refractivity contribution in [3.63, 3.8) is 0 Å². The van der Waals surface area contributed by atoms with Crippen molar-refractivity contribution in [1.29, 1.82) is 0 Å². The molecule has 1 amide bonds. The van der Waals surface area contributed by atoms with E-state index in [1.165, 1.54) is 4.90 Å². The van der Waals surface area contributed by atoms with Crippen molar-refractivity contribution < 1.29 is 18.8 Å². The first-order valence-corrected chi connectivity index (χ1v) is 11.4. The Balaban J connectivity index is 2.96. The van der Waals surface area contributed by atoms with Crippen molar-refractivity contribution in [1.82, 2.24) is 4.90 Å². The molecule has 0 aliphatic carbocycles. The zero-order chi connectivity index (χ0) is 18.9. The lowest BCUT2D eigenvalue weighted by Crippen LogP contribution is -2.52. The minimum Gasteiger partial charge on any atom is -0.444 e. The van der Waals surface area contributed by atoms with Gasteiger partial charge in [-0.2, -0.15) is 0 Å². The van der Waals surface area contributed by atoms with Crippen LogP contribution in [0.5, 0.6) is 0 Å². The predicted octanol–water partition coefficient (Wildman–Crippen LogP) is 4.14. The van der Waals surface area contributed by atoms with E-state index in [4.69, 9.17) is 9.16 Å². The maximum absolute atomic E-state index is 12.5. The number of nitrogens with zero attached hydrogens (tertiary/aromatic N) is 1. The third-order valence-electron chi connectivity index (χ3n) is 4.65. The van der Waals surface area contributed by atoms with Gasteiger partial charge in [0.05, 0.1) is 19.2 Å². The second-order valence-corrected chi connectivity index (χ2v) is 13.9. The lowest BCUT2D eigenvalue weighted by molar-refractivity contribution is -0.117. The van der Waals surface area contributed by atoms with Crippen LogP contribution in [-0.2, 0) is 14.0 Å². The van der Waals surface area contributed by atoms with Gasteiger partial charge in [0.1, 0.15) is 5.60 Å². The highest BCUT2D eigenvalue weighted by Gasteiger charge is 2.40. The molecule has 0 radical (unpaired) electrons. The van der Waals surface area contributed by atoms with Crippen molar-refractivity contribution in [2.24, 2.45) is 0 Å². The van der Waals surface area contributed by atoms with Crippen LogP contribution in [0.1, 0.15) is 48.5 Å². The Morgan fingerprint density at radius 3 is 2.25 bits per heavy atom. The normalized spacial score (nSPS) is 20.0. The monoisotopic (exact) mass is 355 g/mol. The Kier molecular flexibility index (Phi) is 6.10. The Morgan fingerprint density at radius 2 is 1.79 bits per heavy atom. The van der Waals surface area contributed by atoms with Crippen LogP contribution < -0.4 is 0 Å². The van der Waals surface area contributed by atoms with E-state index >= 15 is 0 Å². The van der Waals surface area contributed by atoms with Crippen molar-refractivity contribution >= 4 is 20.2 Å². The first-order valence-electron chi connectivity index (χ1n) is 8.49. The van der Waals surface area contributed by atoms with Crippen LogP contribution >= 0.6 is 0 Å².